The number of hydrogen-bond acceptors (Lipinski definition) is 5. The van der Waals surface area contributed by atoms with Crippen LogP contribution in [0.15, 0.2) is 48.5 Å². The van der Waals surface area contributed by atoms with Crippen molar-refractivity contribution in [2.24, 2.45) is 0 Å². The molecule has 6 nitrogen and oxygen atoms in total. The Balaban J connectivity index is 1.97. The number of methoxy groups -OCH3 is 1. The lowest BCUT2D eigenvalue weighted by molar-refractivity contribution is -0.140. The first-order chi connectivity index (χ1) is 13.2. The van der Waals surface area contributed by atoms with Crippen molar-refractivity contribution >= 4 is 6.09 Å². The van der Waals surface area contributed by atoms with Gasteiger partial charge < -0.3 is 25.0 Å². The second-order valence-electron chi connectivity index (χ2n) is 5.91. The fourth-order valence-corrected chi connectivity index (χ4v) is 2.45. The highest BCUT2D eigenvalue weighted by molar-refractivity contribution is 5.67. The van der Waals surface area contributed by atoms with Gasteiger partial charge in [-0.2, -0.15) is 13.2 Å². The highest BCUT2D eigenvalue weighted by atomic mass is 19.4. The van der Waals surface area contributed by atoms with Gasteiger partial charge in [0.1, 0.15) is 24.6 Å². The minimum atomic E-state index is -4.76. The van der Waals surface area contributed by atoms with E-state index in [0.717, 1.165) is 17.7 Å². The summed E-state index contributed by atoms with van der Waals surface area (Å²) in [7, 11) is 1.21. The third-order valence-electron chi connectivity index (χ3n) is 3.92. The van der Waals surface area contributed by atoms with Gasteiger partial charge in [0.05, 0.1) is 12.7 Å². The van der Waals surface area contributed by atoms with Crippen LogP contribution in [-0.4, -0.2) is 36.1 Å². The third kappa shape index (κ3) is 5.86. The number of alkyl carbamates (subject to hydrolysis) is 1. The van der Waals surface area contributed by atoms with Crippen molar-refractivity contribution in [1.82, 2.24) is 5.32 Å². The van der Waals surface area contributed by atoms with Gasteiger partial charge in [-0.05, 0) is 23.3 Å². The summed E-state index contributed by atoms with van der Waals surface area (Å²) in [5.41, 5.74) is -0.920. The van der Waals surface area contributed by atoms with Gasteiger partial charge in [-0.3, -0.25) is 0 Å². The standard InChI is InChI=1S/C19H20F3NO5/c1-27-13-7-8-14(15(9-13)19(20,21)22)17(25)16(24)10-23-18(26)28-11-12-5-3-2-4-6-12/h2-9,16-17,24-25H,10-11H2,1H3,(H,23,26). The molecular formula is C19H20F3NO5. The minimum Gasteiger partial charge on any atom is -0.497 e. The number of carbonyl (C=O) groups is 1. The molecule has 152 valence electrons. The molecule has 0 aliphatic rings. The number of amides is 1. The van der Waals surface area contributed by atoms with E-state index in [9.17, 15) is 28.2 Å². The highest BCUT2D eigenvalue weighted by Gasteiger charge is 2.37. The predicted octanol–water partition coefficient (Wildman–Crippen LogP) is 3.03. The zero-order valence-corrected chi connectivity index (χ0v) is 14.9. The number of halogens is 3. The van der Waals surface area contributed by atoms with Gasteiger partial charge in [-0.1, -0.05) is 36.4 Å². The number of aliphatic hydroxyl groups is 2. The van der Waals surface area contributed by atoms with Gasteiger partial charge in [0.25, 0.3) is 0 Å². The van der Waals surface area contributed by atoms with Crippen molar-refractivity contribution in [1.29, 1.82) is 0 Å². The molecule has 1 amide bonds. The molecule has 0 radical (unpaired) electrons. The lowest BCUT2D eigenvalue weighted by Crippen LogP contribution is -2.36. The van der Waals surface area contributed by atoms with Crippen molar-refractivity contribution in [3.63, 3.8) is 0 Å². The molecule has 0 spiro atoms. The van der Waals surface area contributed by atoms with E-state index in [0.29, 0.717) is 0 Å². The first kappa shape index (κ1) is 21.5. The summed E-state index contributed by atoms with van der Waals surface area (Å²) < 4.78 is 49.4. The average Bonchev–Trinajstić information content (AvgIpc) is 2.69. The van der Waals surface area contributed by atoms with Crippen LogP contribution in [0.1, 0.15) is 22.8 Å². The first-order valence-electron chi connectivity index (χ1n) is 8.28. The van der Waals surface area contributed by atoms with E-state index in [2.05, 4.69) is 5.32 Å². The molecule has 2 aromatic rings. The molecule has 9 heteroatoms. The zero-order chi connectivity index (χ0) is 20.7. The van der Waals surface area contributed by atoms with Gasteiger partial charge in [0.15, 0.2) is 0 Å². The zero-order valence-electron chi connectivity index (χ0n) is 14.9. The molecule has 3 N–H and O–H groups in total. The van der Waals surface area contributed by atoms with Crippen molar-refractivity contribution in [3.8, 4) is 5.75 Å². The van der Waals surface area contributed by atoms with E-state index < -0.39 is 42.1 Å². The van der Waals surface area contributed by atoms with Crippen LogP contribution in [0.5, 0.6) is 5.75 Å². The minimum absolute atomic E-state index is 0.0119. The lowest BCUT2D eigenvalue weighted by atomic mass is 9.97. The maximum Gasteiger partial charge on any atom is 0.416 e. The van der Waals surface area contributed by atoms with E-state index >= 15 is 0 Å². The highest BCUT2D eigenvalue weighted by Crippen LogP contribution is 2.37. The van der Waals surface area contributed by atoms with Crippen LogP contribution in [0.3, 0.4) is 0 Å². The second-order valence-corrected chi connectivity index (χ2v) is 5.91. The van der Waals surface area contributed by atoms with Crippen molar-refractivity contribution in [2.75, 3.05) is 13.7 Å². The summed E-state index contributed by atoms with van der Waals surface area (Å²) in [6, 6.07) is 11.8. The number of ether oxygens (including phenoxy) is 2. The van der Waals surface area contributed by atoms with Crippen LogP contribution in [0.25, 0.3) is 0 Å². The van der Waals surface area contributed by atoms with E-state index in [1.807, 2.05) is 0 Å². The summed E-state index contributed by atoms with van der Waals surface area (Å²) in [4.78, 5) is 11.7. The Morgan fingerprint density at radius 3 is 2.43 bits per heavy atom. The summed E-state index contributed by atoms with van der Waals surface area (Å²) in [6.07, 6.45) is -9.19. The van der Waals surface area contributed by atoms with E-state index in [1.54, 1.807) is 30.3 Å². The second kappa shape index (κ2) is 9.43. The molecule has 28 heavy (non-hydrogen) atoms. The Morgan fingerprint density at radius 1 is 1.14 bits per heavy atom. The van der Waals surface area contributed by atoms with Crippen LogP contribution in [-0.2, 0) is 17.5 Å². The van der Waals surface area contributed by atoms with Crippen LogP contribution in [0.4, 0.5) is 18.0 Å². The van der Waals surface area contributed by atoms with Crippen LogP contribution < -0.4 is 10.1 Å². The molecule has 0 bridgehead atoms. The summed E-state index contributed by atoms with van der Waals surface area (Å²) >= 11 is 0. The SMILES string of the molecule is COc1ccc(C(O)C(O)CNC(=O)OCc2ccccc2)c(C(F)(F)F)c1. The number of aliphatic hydroxyl groups excluding tert-OH is 2. The van der Waals surface area contributed by atoms with Crippen LogP contribution in [0, 0.1) is 0 Å². The molecule has 0 saturated carbocycles. The molecular weight excluding hydrogens is 379 g/mol. The normalized spacial score (nSPS) is 13.5. The molecule has 2 unspecified atom stereocenters. The van der Waals surface area contributed by atoms with Crippen molar-refractivity contribution in [3.05, 3.63) is 65.2 Å². The summed E-state index contributed by atoms with van der Waals surface area (Å²) in [5, 5.41) is 22.3. The molecule has 0 aliphatic carbocycles. The number of rotatable bonds is 7. The van der Waals surface area contributed by atoms with Gasteiger partial charge in [-0.15, -0.1) is 0 Å². The van der Waals surface area contributed by atoms with Gasteiger partial charge in [0.2, 0.25) is 0 Å². The molecule has 0 saturated heterocycles. The molecule has 2 rings (SSSR count). The molecule has 0 aromatic heterocycles. The van der Waals surface area contributed by atoms with Crippen LogP contribution >= 0.6 is 0 Å². The van der Waals surface area contributed by atoms with E-state index in [4.69, 9.17) is 9.47 Å². The Kier molecular flexibility index (Phi) is 7.24. The predicted molar refractivity (Wildman–Crippen MR) is 93.6 cm³/mol. The van der Waals surface area contributed by atoms with E-state index in [-0.39, 0.29) is 12.4 Å². The molecule has 2 atom stereocenters. The van der Waals surface area contributed by atoms with Gasteiger partial charge in [-0.25, -0.2) is 4.79 Å². The lowest BCUT2D eigenvalue weighted by Gasteiger charge is -2.22. The van der Waals surface area contributed by atoms with Gasteiger partial charge in [0, 0.05) is 6.54 Å². The number of carbonyl (C=O) groups excluding carboxylic acids is 1. The monoisotopic (exact) mass is 399 g/mol. The van der Waals surface area contributed by atoms with Crippen molar-refractivity contribution < 1.29 is 37.7 Å². The smallest absolute Gasteiger partial charge is 0.416 e. The average molecular weight is 399 g/mol. The summed E-state index contributed by atoms with van der Waals surface area (Å²) in [6.45, 7) is -0.514. The van der Waals surface area contributed by atoms with Crippen molar-refractivity contribution in [2.45, 2.75) is 25.0 Å². The third-order valence-corrected chi connectivity index (χ3v) is 3.92. The Bertz CT molecular complexity index is 783. The fourth-order valence-electron chi connectivity index (χ4n) is 2.45. The summed E-state index contributed by atoms with van der Waals surface area (Å²) in [5.74, 6) is -0.0413. The quantitative estimate of drug-likeness (QED) is 0.666. The first-order valence-corrected chi connectivity index (χ1v) is 8.28. The Hall–Kier alpha value is -2.78. The Labute approximate surface area is 159 Å². The topological polar surface area (TPSA) is 88.0 Å². The maximum absolute atomic E-state index is 13.2. The van der Waals surface area contributed by atoms with Crippen LogP contribution in [0.2, 0.25) is 0 Å². The molecule has 0 heterocycles. The maximum atomic E-state index is 13.2. The molecule has 0 fully saturated rings. The van der Waals surface area contributed by atoms with E-state index in [1.165, 1.54) is 13.2 Å². The number of alkyl halides is 3. The fraction of sp³-hybridized carbons (Fsp3) is 0.316. The number of nitrogens with one attached hydrogen (secondary N) is 1. The van der Waals surface area contributed by atoms with Gasteiger partial charge >= 0.3 is 12.3 Å². The number of hydrogen-bond donors (Lipinski definition) is 3. The molecule has 0 aliphatic heterocycles. The largest absolute Gasteiger partial charge is 0.497 e. The number of benzene rings is 2. The Morgan fingerprint density at radius 2 is 1.82 bits per heavy atom. The molecule has 2 aromatic carbocycles.